The van der Waals surface area contributed by atoms with Gasteiger partial charge in [0.05, 0.1) is 22.3 Å². The maximum Gasteiger partial charge on any atom is 0.326 e. The number of nitrogens with zero attached hydrogens (tertiary/aromatic N) is 4. The van der Waals surface area contributed by atoms with Gasteiger partial charge in [0.25, 0.3) is 0 Å². The minimum absolute atomic E-state index is 0.0394. The van der Waals surface area contributed by atoms with Crippen LogP contribution < -0.4 is 15.5 Å². The zero-order chi connectivity index (χ0) is 28.0. The molecular weight excluding hydrogens is 494 g/mol. The number of carbonyl (C=O) groups is 2. The Morgan fingerprint density at radius 3 is 2.55 bits per heavy atom. The third kappa shape index (κ3) is 6.83. The molecule has 0 fully saturated rings. The average molecular weight is 527 g/mol. The first-order valence-corrected chi connectivity index (χ1v) is 12.3. The van der Waals surface area contributed by atoms with Crippen molar-refractivity contribution < 1.29 is 23.1 Å². The van der Waals surface area contributed by atoms with Gasteiger partial charge in [-0.25, -0.2) is 18.6 Å². The predicted molar refractivity (Wildman–Crippen MR) is 142 cm³/mol. The number of anilines is 3. The Morgan fingerprint density at radius 2 is 1.89 bits per heavy atom. The lowest BCUT2D eigenvalue weighted by Crippen LogP contribution is -2.29. The summed E-state index contributed by atoms with van der Waals surface area (Å²) >= 11 is 0. The van der Waals surface area contributed by atoms with Crippen LogP contribution in [0.5, 0.6) is 0 Å². The molecule has 0 saturated carbocycles. The van der Waals surface area contributed by atoms with E-state index in [1.165, 1.54) is 0 Å². The molecule has 2 aromatic carbocycles. The number of carbonyl (C=O) groups excluding carboxylic acids is 2. The highest BCUT2D eigenvalue weighted by molar-refractivity contribution is 6.00. The van der Waals surface area contributed by atoms with Crippen LogP contribution in [0.15, 0.2) is 30.3 Å². The van der Waals surface area contributed by atoms with Crippen molar-refractivity contribution in [1.82, 2.24) is 9.55 Å². The van der Waals surface area contributed by atoms with Crippen molar-refractivity contribution in [1.29, 1.82) is 5.26 Å². The lowest BCUT2D eigenvalue weighted by molar-refractivity contribution is -0.120. The van der Waals surface area contributed by atoms with E-state index in [1.54, 1.807) is 28.7 Å². The van der Waals surface area contributed by atoms with Crippen molar-refractivity contribution in [3.8, 4) is 6.07 Å². The van der Waals surface area contributed by atoms with Crippen LogP contribution in [0.3, 0.4) is 0 Å². The monoisotopic (exact) mass is 526 g/mol. The largest absolute Gasteiger partial charge is 0.382 e. The third-order valence-corrected chi connectivity index (χ3v) is 5.73. The molecule has 0 aliphatic carbocycles. The topological polar surface area (TPSA) is 112 Å². The van der Waals surface area contributed by atoms with Gasteiger partial charge in [-0.2, -0.15) is 5.26 Å². The molecule has 202 valence electrons. The van der Waals surface area contributed by atoms with Crippen LogP contribution in [0, 0.1) is 28.4 Å². The highest BCUT2D eigenvalue weighted by Gasteiger charge is 2.22. The minimum Gasteiger partial charge on any atom is -0.382 e. The number of urea groups is 1. The van der Waals surface area contributed by atoms with Gasteiger partial charge in [-0.1, -0.05) is 20.8 Å². The first kappa shape index (κ1) is 28.5. The molecule has 3 rings (SSSR count). The lowest BCUT2D eigenvalue weighted by Gasteiger charge is -2.23. The molecule has 11 heteroatoms. The molecule has 3 aromatic rings. The normalized spacial score (nSPS) is 11.3. The molecule has 2 N–H and O–H groups in total. The Bertz CT molecular complexity index is 1370. The molecule has 0 saturated heterocycles. The number of amides is 3. The molecule has 3 amide bonds. The van der Waals surface area contributed by atoms with E-state index in [2.05, 4.69) is 15.6 Å². The zero-order valence-corrected chi connectivity index (χ0v) is 22.2. The van der Waals surface area contributed by atoms with E-state index in [1.807, 2.05) is 39.8 Å². The summed E-state index contributed by atoms with van der Waals surface area (Å²) in [6.07, 6.45) is 1.00. The van der Waals surface area contributed by atoms with E-state index in [0.29, 0.717) is 49.3 Å². The predicted octanol–water partition coefficient (Wildman–Crippen LogP) is 5.66. The first-order chi connectivity index (χ1) is 17.9. The van der Waals surface area contributed by atoms with Gasteiger partial charge in [0, 0.05) is 38.9 Å². The van der Waals surface area contributed by atoms with Gasteiger partial charge in [-0.15, -0.1) is 0 Å². The Labute approximate surface area is 220 Å². The summed E-state index contributed by atoms with van der Waals surface area (Å²) in [6, 6.07) is 8.28. The molecule has 1 heterocycles. The number of imidazole rings is 1. The number of benzene rings is 2. The minimum atomic E-state index is -1.34. The molecule has 38 heavy (non-hydrogen) atoms. The SMILES string of the molecule is CCOCCCn1c(NC(=O)Nc2ccc(C#N)c(F)c2F)nc2cc(N(C)C(=O)CC(C)(C)C)ccc21. The standard InChI is InChI=1S/C27H32F2N6O3/c1-6-38-13-7-12-35-21-11-9-18(34(5)22(36)15-27(2,3)4)14-20(21)31-25(35)33-26(37)32-19-10-8-17(16-30)23(28)24(19)29/h8-11,14H,6-7,12-13,15H2,1-5H3,(H2,31,32,33,37). The molecule has 9 nitrogen and oxygen atoms in total. The van der Waals surface area contributed by atoms with Crippen LogP contribution in [0.25, 0.3) is 11.0 Å². The van der Waals surface area contributed by atoms with E-state index in [9.17, 15) is 18.4 Å². The van der Waals surface area contributed by atoms with Crippen LogP contribution in [0.2, 0.25) is 0 Å². The van der Waals surface area contributed by atoms with Crippen molar-refractivity contribution in [3.63, 3.8) is 0 Å². The quantitative estimate of drug-likeness (QED) is 0.350. The third-order valence-electron chi connectivity index (χ3n) is 5.73. The molecule has 0 aliphatic rings. The Balaban J connectivity index is 1.89. The lowest BCUT2D eigenvalue weighted by atomic mass is 9.91. The molecule has 0 bridgehead atoms. The smallest absolute Gasteiger partial charge is 0.326 e. The van der Waals surface area contributed by atoms with E-state index in [0.717, 1.165) is 12.1 Å². The van der Waals surface area contributed by atoms with Crippen LogP contribution in [-0.2, 0) is 16.1 Å². The maximum absolute atomic E-state index is 14.3. The fourth-order valence-corrected chi connectivity index (χ4v) is 3.82. The molecule has 0 aliphatic heterocycles. The van der Waals surface area contributed by atoms with Gasteiger partial charge >= 0.3 is 6.03 Å². The zero-order valence-electron chi connectivity index (χ0n) is 22.2. The number of hydrogen-bond acceptors (Lipinski definition) is 5. The summed E-state index contributed by atoms with van der Waals surface area (Å²) < 4.78 is 35.5. The average Bonchev–Trinajstić information content (AvgIpc) is 3.19. The maximum atomic E-state index is 14.3. The number of hydrogen-bond donors (Lipinski definition) is 2. The second-order valence-corrected chi connectivity index (χ2v) is 9.98. The summed E-state index contributed by atoms with van der Waals surface area (Å²) in [7, 11) is 1.70. The van der Waals surface area contributed by atoms with Crippen LogP contribution in [0.1, 0.15) is 46.1 Å². The summed E-state index contributed by atoms with van der Waals surface area (Å²) in [5.74, 6) is -2.53. The Morgan fingerprint density at radius 1 is 1.16 bits per heavy atom. The molecule has 0 atom stereocenters. The van der Waals surface area contributed by atoms with Crippen molar-refractivity contribution in [2.24, 2.45) is 5.41 Å². The molecule has 0 spiro atoms. The van der Waals surface area contributed by atoms with Gasteiger partial charge in [0.1, 0.15) is 6.07 Å². The van der Waals surface area contributed by atoms with Gasteiger partial charge in [0.15, 0.2) is 11.6 Å². The highest BCUT2D eigenvalue weighted by atomic mass is 19.2. The number of nitrogens with one attached hydrogen (secondary N) is 2. The first-order valence-electron chi connectivity index (χ1n) is 12.3. The van der Waals surface area contributed by atoms with Crippen molar-refractivity contribution in [2.45, 2.75) is 47.1 Å². The number of ether oxygens (including phenoxy) is 1. The number of fused-ring (bicyclic) bond motifs is 1. The highest BCUT2D eigenvalue weighted by Crippen LogP contribution is 2.28. The van der Waals surface area contributed by atoms with Crippen LogP contribution >= 0.6 is 0 Å². The summed E-state index contributed by atoms with van der Waals surface area (Å²) in [5.41, 5.74) is 0.856. The van der Waals surface area contributed by atoms with E-state index in [-0.39, 0.29) is 17.3 Å². The van der Waals surface area contributed by atoms with E-state index < -0.39 is 28.9 Å². The summed E-state index contributed by atoms with van der Waals surface area (Å²) in [5, 5.41) is 13.7. The fraction of sp³-hybridized carbons (Fsp3) is 0.407. The second kappa shape index (κ2) is 12.0. The summed E-state index contributed by atoms with van der Waals surface area (Å²) in [4.78, 5) is 31.5. The number of nitriles is 1. The van der Waals surface area contributed by atoms with Gasteiger partial charge < -0.3 is 19.5 Å². The van der Waals surface area contributed by atoms with Crippen molar-refractivity contribution in [2.75, 3.05) is 35.8 Å². The number of aryl methyl sites for hydroxylation is 1. The number of rotatable bonds is 9. The van der Waals surface area contributed by atoms with Crippen LogP contribution in [0.4, 0.5) is 30.9 Å². The van der Waals surface area contributed by atoms with Crippen LogP contribution in [-0.4, -0.2) is 41.8 Å². The molecule has 0 radical (unpaired) electrons. The second-order valence-electron chi connectivity index (χ2n) is 9.98. The van der Waals surface area contributed by atoms with Gasteiger partial charge in [-0.3, -0.25) is 10.1 Å². The van der Waals surface area contributed by atoms with Crippen molar-refractivity contribution in [3.05, 3.63) is 47.5 Å². The molecular formula is C27H32F2N6O3. The number of halogens is 2. The summed E-state index contributed by atoms with van der Waals surface area (Å²) in [6.45, 7) is 9.41. The Kier molecular flexibility index (Phi) is 9.01. The van der Waals surface area contributed by atoms with Gasteiger partial charge in [-0.05, 0) is 49.1 Å². The van der Waals surface area contributed by atoms with Gasteiger partial charge in [0.2, 0.25) is 11.9 Å². The van der Waals surface area contributed by atoms with E-state index >= 15 is 0 Å². The van der Waals surface area contributed by atoms with Crippen molar-refractivity contribution >= 4 is 40.3 Å². The van der Waals surface area contributed by atoms with E-state index in [4.69, 9.17) is 10.00 Å². The molecule has 0 unspecified atom stereocenters. The number of aromatic nitrogens is 2. The fourth-order valence-electron chi connectivity index (χ4n) is 3.82. The molecule has 1 aromatic heterocycles. The Hall–Kier alpha value is -4.04.